The molecule has 0 saturated carbocycles. The molecule has 6 heteroatoms. The van der Waals surface area contributed by atoms with Crippen molar-refractivity contribution in [1.82, 2.24) is 14.9 Å². The van der Waals surface area contributed by atoms with Crippen molar-refractivity contribution in [3.63, 3.8) is 0 Å². The summed E-state index contributed by atoms with van der Waals surface area (Å²) in [6.07, 6.45) is -0.340. The van der Waals surface area contributed by atoms with Crippen LogP contribution in [0.3, 0.4) is 0 Å². The molecule has 3 aromatic heterocycles. The van der Waals surface area contributed by atoms with Gasteiger partial charge in [-0.3, -0.25) is 0 Å². The number of hydrogen-bond donors (Lipinski definition) is 1. The van der Waals surface area contributed by atoms with Crippen LogP contribution in [-0.2, 0) is 0 Å². The van der Waals surface area contributed by atoms with Crippen LogP contribution in [0, 0.1) is 0 Å². The van der Waals surface area contributed by atoms with Gasteiger partial charge in [0.1, 0.15) is 12.0 Å². The third kappa shape index (κ3) is 5.95. The monoisotopic (exact) mass is 835 g/mol. The summed E-state index contributed by atoms with van der Waals surface area (Å²) in [5.74, 6) is 1.50. The lowest BCUT2D eigenvalue weighted by molar-refractivity contribution is 0.675. The number of nitrogens with zero attached hydrogens (tertiary/aromatic N) is 4. The number of aliphatic imine (C=N–C) groups is 2. The highest BCUT2D eigenvalue weighted by atomic mass is 32.1. The summed E-state index contributed by atoms with van der Waals surface area (Å²) in [5.41, 5.74) is 12.0. The molecule has 13 rings (SSSR count). The van der Waals surface area contributed by atoms with Crippen LogP contribution in [0.15, 0.2) is 222 Å². The van der Waals surface area contributed by atoms with E-state index in [1.807, 2.05) is 29.5 Å². The minimum absolute atomic E-state index is 0.340. The van der Waals surface area contributed by atoms with Crippen LogP contribution in [0.2, 0.25) is 0 Å². The number of hydrogen-bond acceptors (Lipinski definition) is 5. The normalized spacial score (nSPS) is 14.1. The van der Waals surface area contributed by atoms with Crippen molar-refractivity contribution in [2.75, 3.05) is 0 Å². The van der Waals surface area contributed by atoms with E-state index in [0.717, 1.165) is 56.1 Å². The Labute approximate surface area is 373 Å². The molecule has 9 aromatic carbocycles. The largest absolute Gasteiger partial charge is 0.344 e. The Hall–Kier alpha value is -8.19. The lowest BCUT2D eigenvalue weighted by Gasteiger charge is -2.24. The molecular weight excluding hydrogens is 799 g/mol. The SMILES string of the molecule is c1ccc(C2=NC(c3ccc4c(c3)c3ccccc3n4-c3ccccc3)NC(c3ccc(-c4ccc5sc6c(ccc7c(-c8ccccc8)nc8ccccc8c76)c5c4)cc3)=N2)cc1. The molecule has 5 nitrogen and oxygen atoms in total. The van der Waals surface area contributed by atoms with Gasteiger partial charge in [-0.25, -0.2) is 15.0 Å². The fourth-order valence-electron chi connectivity index (χ4n) is 9.58. The van der Waals surface area contributed by atoms with Gasteiger partial charge in [0.25, 0.3) is 0 Å². The molecular formula is C58H37N5S. The Bertz CT molecular complexity index is 3850. The summed E-state index contributed by atoms with van der Waals surface area (Å²) in [6, 6.07) is 75.5. The molecule has 0 saturated heterocycles. The van der Waals surface area contributed by atoms with Gasteiger partial charge < -0.3 is 9.88 Å². The number of thiophene rings is 1. The van der Waals surface area contributed by atoms with Crippen molar-refractivity contribution in [1.29, 1.82) is 0 Å². The fraction of sp³-hybridized carbons (Fsp3) is 0.0172. The minimum atomic E-state index is -0.340. The molecule has 1 aliphatic heterocycles. The van der Waals surface area contributed by atoms with Gasteiger partial charge in [0.15, 0.2) is 5.84 Å². The molecule has 1 N–H and O–H groups in total. The molecule has 12 aromatic rings. The molecule has 0 aliphatic carbocycles. The van der Waals surface area contributed by atoms with Crippen LogP contribution in [-0.4, -0.2) is 21.2 Å². The van der Waals surface area contributed by atoms with E-state index in [1.54, 1.807) is 0 Å². The molecule has 300 valence electrons. The molecule has 0 spiro atoms. The van der Waals surface area contributed by atoms with Gasteiger partial charge >= 0.3 is 0 Å². The molecule has 1 unspecified atom stereocenters. The highest BCUT2D eigenvalue weighted by Crippen LogP contribution is 2.44. The van der Waals surface area contributed by atoms with Crippen molar-refractivity contribution < 1.29 is 0 Å². The van der Waals surface area contributed by atoms with Crippen molar-refractivity contribution in [2.24, 2.45) is 9.98 Å². The Balaban J connectivity index is 0.874. The topological polar surface area (TPSA) is 54.6 Å². The van der Waals surface area contributed by atoms with E-state index in [9.17, 15) is 0 Å². The van der Waals surface area contributed by atoms with E-state index >= 15 is 0 Å². The predicted molar refractivity (Wildman–Crippen MR) is 269 cm³/mol. The van der Waals surface area contributed by atoms with Gasteiger partial charge in [-0.05, 0) is 65.2 Å². The summed E-state index contributed by atoms with van der Waals surface area (Å²) >= 11 is 1.87. The van der Waals surface area contributed by atoms with Crippen LogP contribution in [0.4, 0.5) is 0 Å². The zero-order valence-corrected chi connectivity index (χ0v) is 35.3. The van der Waals surface area contributed by atoms with Gasteiger partial charge in [-0.15, -0.1) is 11.3 Å². The average molecular weight is 836 g/mol. The number of rotatable bonds is 6. The summed E-state index contributed by atoms with van der Waals surface area (Å²) < 4.78 is 4.91. The Morgan fingerprint density at radius 1 is 0.453 bits per heavy atom. The number of amidine groups is 2. The molecule has 1 aliphatic rings. The first kappa shape index (κ1) is 36.5. The second-order valence-corrected chi connectivity index (χ2v) is 17.4. The smallest absolute Gasteiger partial charge is 0.159 e. The quantitative estimate of drug-likeness (QED) is 0.170. The van der Waals surface area contributed by atoms with Crippen molar-refractivity contribution in [3.05, 3.63) is 229 Å². The van der Waals surface area contributed by atoms with Crippen LogP contribution >= 0.6 is 11.3 Å². The van der Waals surface area contributed by atoms with E-state index in [4.69, 9.17) is 15.0 Å². The first-order valence-electron chi connectivity index (χ1n) is 21.6. The first-order valence-corrected chi connectivity index (χ1v) is 22.4. The van der Waals surface area contributed by atoms with Crippen molar-refractivity contribution in [2.45, 2.75) is 6.17 Å². The highest BCUT2D eigenvalue weighted by molar-refractivity contribution is 7.26. The summed E-state index contributed by atoms with van der Waals surface area (Å²) in [5, 5.41) is 12.3. The summed E-state index contributed by atoms with van der Waals surface area (Å²) in [4.78, 5) is 15.6. The van der Waals surface area contributed by atoms with Gasteiger partial charge in [0, 0.05) is 69.5 Å². The highest BCUT2D eigenvalue weighted by Gasteiger charge is 2.23. The molecule has 0 amide bonds. The maximum absolute atomic E-state index is 5.23. The number of benzene rings is 9. The second kappa shape index (κ2) is 14.7. The summed E-state index contributed by atoms with van der Waals surface area (Å²) in [7, 11) is 0. The van der Waals surface area contributed by atoms with Crippen LogP contribution in [0.1, 0.15) is 22.9 Å². The molecule has 1 atom stereocenters. The standard InChI is InChI=1S/C58H37N5S/c1-4-14-37(15-5-1)54-46-31-30-44-48-34-40(29-33-52(48)64-55(44)53(46)45-21-10-12-22-49(45)59-54)36-24-26-39(27-25-36)57-60-56(38-16-6-2-7-17-38)61-58(62-57)41-28-32-51-47(35-41)43-20-11-13-23-50(43)63(51)42-18-8-3-9-19-42/h1-35,58H,(H,60,61,62). The van der Waals surface area contributed by atoms with Gasteiger partial charge in [0.05, 0.1) is 22.2 Å². The predicted octanol–water partition coefficient (Wildman–Crippen LogP) is 14.7. The molecule has 0 radical (unpaired) electrons. The van der Waals surface area contributed by atoms with Gasteiger partial charge in [-0.1, -0.05) is 164 Å². The maximum atomic E-state index is 5.23. The Kier molecular flexibility index (Phi) is 8.39. The average Bonchev–Trinajstić information content (AvgIpc) is 3.92. The van der Waals surface area contributed by atoms with Gasteiger partial charge in [0.2, 0.25) is 0 Å². The molecule has 0 fully saturated rings. The lowest BCUT2D eigenvalue weighted by Crippen LogP contribution is -2.33. The van der Waals surface area contributed by atoms with E-state index in [0.29, 0.717) is 5.84 Å². The molecule has 4 heterocycles. The number of nitrogens with one attached hydrogen (secondary N) is 1. The van der Waals surface area contributed by atoms with Gasteiger partial charge in [-0.2, -0.15) is 0 Å². The van der Waals surface area contributed by atoms with Crippen molar-refractivity contribution >= 4 is 86.7 Å². The van der Waals surface area contributed by atoms with Crippen molar-refractivity contribution in [3.8, 4) is 28.1 Å². The minimum Gasteiger partial charge on any atom is -0.344 e. The number of fused-ring (bicyclic) bond motifs is 10. The Morgan fingerprint density at radius 3 is 1.92 bits per heavy atom. The number of aromatic nitrogens is 2. The third-order valence-electron chi connectivity index (χ3n) is 12.6. The Morgan fingerprint density at radius 2 is 1.11 bits per heavy atom. The van der Waals surface area contributed by atoms with Crippen LogP contribution < -0.4 is 5.32 Å². The zero-order valence-electron chi connectivity index (χ0n) is 34.5. The number of pyridine rings is 1. The van der Waals surface area contributed by atoms with E-state index < -0.39 is 0 Å². The second-order valence-electron chi connectivity index (χ2n) is 16.4. The van der Waals surface area contributed by atoms with E-state index in [1.165, 1.54) is 58.2 Å². The first-order chi connectivity index (χ1) is 31.7. The number of para-hydroxylation sites is 3. The van der Waals surface area contributed by atoms with Crippen LogP contribution in [0.25, 0.3) is 91.7 Å². The lowest BCUT2D eigenvalue weighted by atomic mass is 9.97. The zero-order chi connectivity index (χ0) is 42.1. The van der Waals surface area contributed by atoms with Crippen LogP contribution in [0.5, 0.6) is 0 Å². The maximum Gasteiger partial charge on any atom is 0.159 e. The third-order valence-corrected chi connectivity index (χ3v) is 13.8. The fourth-order valence-corrected chi connectivity index (χ4v) is 10.8. The van der Waals surface area contributed by atoms with E-state index in [-0.39, 0.29) is 6.17 Å². The molecule has 64 heavy (non-hydrogen) atoms. The molecule has 0 bridgehead atoms. The summed E-state index contributed by atoms with van der Waals surface area (Å²) in [6.45, 7) is 0. The van der Waals surface area contributed by atoms with E-state index in [2.05, 4.69) is 204 Å².